The van der Waals surface area contributed by atoms with E-state index in [1.54, 1.807) is 7.11 Å². The van der Waals surface area contributed by atoms with Crippen LogP contribution in [0.15, 0.2) is 81.9 Å². The van der Waals surface area contributed by atoms with E-state index in [1.807, 2.05) is 53.4 Å². The molecule has 0 aliphatic carbocycles. The molecule has 2 aliphatic rings. The monoisotopic (exact) mass is 566 g/mol. The lowest BCUT2D eigenvalue weighted by atomic mass is 9.84. The number of methoxy groups -OCH3 is 1. The van der Waals surface area contributed by atoms with Gasteiger partial charge in [0.05, 0.1) is 12.8 Å². The molecule has 35 heavy (non-hydrogen) atoms. The van der Waals surface area contributed by atoms with Crippen LogP contribution < -0.4 is 14.8 Å². The molecule has 0 radical (unpaired) electrons. The Morgan fingerprint density at radius 2 is 1.80 bits per heavy atom. The molecular weight excluding hydrogens is 548 g/mol. The lowest BCUT2D eigenvalue weighted by molar-refractivity contribution is 0.223. The summed E-state index contributed by atoms with van der Waals surface area (Å²) >= 11 is 11.5. The number of thioether (sulfide) groups is 1. The fraction of sp³-hybridized carbons (Fsp3) is 0.154. The van der Waals surface area contributed by atoms with Crippen molar-refractivity contribution in [3.05, 3.63) is 98.5 Å². The van der Waals surface area contributed by atoms with Crippen molar-refractivity contribution >= 4 is 50.9 Å². The van der Waals surface area contributed by atoms with E-state index < -0.39 is 0 Å². The smallest absolute Gasteiger partial charge is 0.227 e. The third-order valence-corrected chi connectivity index (χ3v) is 7.50. The number of nitrogens with one attached hydrogen (secondary N) is 1. The first-order chi connectivity index (χ1) is 17.1. The zero-order valence-electron chi connectivity index (χ0n) is 18.8. The molecule has 1 aromatic heterocycles. The number of fused-ring (bicyclic) bond motifs is 3. The highest BCUT2D eigenvalue weighted by Gasteiger charge is 2.41. The molecule has 3 aromatic carbocycles. The van der Waals surface area contributed by atoms with E-state index in [0.717, 1.165) is 43.9 Å². The Morgan fingerprint density at radius 3 is 2.51 bits per heavy atom. The first-order valence-electron chi connectivity index (χ1n) is 10.9. The molecule has 9 heteroatoms. The van der Waals surface area contributed by atoms with E-state index >= 15 is 0 Å². The van der Waals surface area contributed by atoms with E-state index in [0.29, 0.717) is 16.1 Å². The van der Waals surface area contributed by atoms with Crippen molar-refractivity contribution in [3.63, 3.8) is 0 Å². The van der Waals surface area contributed by atoms with Gasteiger partial charge in [-0.25, -0.2) is 4.68 Å². The van der Waals surface area contributed by atoms with Crippen LogP contribution in [0.25, 0.3) is 5.70 Å². The predicted molar refractivity (Wildman–Crippen MR) is 142 cm³/mol. The number of aromatic nitrogens is 3. The quantitative estimate of drug-likeness (QED) is 0.268. The van der Waals surface area contributed by atoms with Crippen molar-refractivity contribution in [1.29, 1.82) is 0 Å². The summed E-state index contributed by atoms with van der Waals surface area (Å²) in [7, 11) is 1.67. The lowest BCUT2D eigenvalue weighted by Gasteiger charge is -2.39. The molecule has 0 amide bonds. The second-order valence-electron chi connectivity index (χ2n) is 8.19. The van der Waals surface area contributed by atoms with Crippen LogP contribution in [-0.4, -0.2) is 28.1 Å². The summed E-state index contributed by atoms with van der Waals surface area (Å²) in [6.07, 6.45) is 1.63. The Morgan fingerprint density at radius 1 is 1.06 bits per heavy atom. The topological polar surface area (TPSA) is 61.2 Å². The van der Waals surface area contributed by atoms with Gasteiger partial charge in [0.1, 0.15) is 23.6 Å². The van der Waals surface area contributed by atoms with E-state index in [-0.39, 0.29) is 12.1 Å². The molecule has 6 rings (SSSR count). The average molecular weight is 568 g/mol. The van der Waals surface area contributed by atoms with Gasteiger partial charge in [0.15, 0.2) is 0 Å². The second-order valence-corrected chi connectivity index (χ2v) is 10.3. The van der Waals surface area contributed by atoms with Gasteiger partial charge in [-0.2, -0.15) is 4.98 Å². The lowest BCUT2D eigenvalue weighted by Crippen LogP contribution is -2.32. The Bertz CT molecular complexity index is 1450. The SMILES string of the molecule is COc1ccc([C@@H]2C3=C(Nc4nc(SC)nn42)c2cc(Cl)ccc2O[C@@H]3c2ccc(Br)cc2)cc1. The third kappa shape index (κ3) is 3.90. The summed E-state index contributed by atoms with van der Waals surface area (Å²) in [4.78, 5) is 4.74. The van der Waals surface area contributed by atoms with Crippen molar-refractivity contribution in [2.45, 2.75) is 17.3 Å². The van der Waals surface area contributed by atoms with Crippen LogP contribution in [0.2, 0.25) is 5.02 Å². The van der Waals surface area contributed by atoms with Gasteiger partial charge in [0.25, 0.3) is 0 Å². The average Bonchev–Trinajstić information content (AvgIpc) is 3.31. The maximum Gasteiger partial charge on any atom is 0.227 e. The molecule has 0 bridgehead atoms. The number of hydrogen-bond acceptors (Lipinski definition) is 6. The van der Waals surface area contributed by atoms with Crippen molar-refractivity contribution in [2.24, 2.45) is 0 Å². The molecule has 176 valence electrons. The van der Waals surface area contributed by atoms with Gasteiger partial charge in [0.2, 0.25) is 11.1 Å². The highest BCUT2D eigenvalue weighted by atomic mass is 79.9. The molecule has 0 unspecified atom stereocenters. The molecule has 6 nitrogen and oxygen atoms in total. The van der Waals surface area contributed by atoms with Gasteiger partial charge < -0.3 is 14.8 Å². The third-order valence-electron chi connectivity index (χ3n) is 6.20. The summed E-state index contributed by atoms with van der Waals surface area (Å²) in [6, 6.07) is 21.7. The van der Waals surface area contributed by atoms with E-state index in [4.69, 9.17) is 31.2 Å². The fourth-order valence-corrected chi connectivity index (χ4v) is 5.37. The normalized spacial score (nSPS) is 18.2. The fourth-order valence-electron chi connectivity index (χ4n) is 4.59. The highest BCUT2D eigenvalue weighted by Crippen LogP contribution is 2.51. The van der Waals surface area contributed by atoms with Crippen molar-refractivity contribution in [3.8, 4) is 11.5 Å². The highest BCUT2D eigenvalue weighted by molar-refractivity contribution is 9.10. The molecule has 2 aliphatic heterocycles. The Hall–Kier alpha value is -2.94. The first kappa shape index (κ1) is 22.5. The first-order valence-corrected chi connectivity index (χ1v) is 13.3. The molecule has 1 N–H and O–H groups in total. The van der Waals surface area contributed by atoms with E-state index in [9.17, 15) is 0 Å². The minimum absolute atomic E-state index is 0.249. The Kier molecular flexibility index (Phi) is 5.75. The molecule has 0 fully saturated rings. The number of nitrogens with zero attached hydrogens (tertiary/aromatic N) is 3. The largest absolute Gasteiger partial charge is 0.497 e. The van der Waals surface area contributed by atoms with Crippen molar-refractivity contribution < 1.29 is 9.47 Å². The minimum atomic E-state index is -0.346. The van der Waals surface area contributed by atoms with Gasteiger partial charge in [-0.15, -0.1) is 5.10 Å². The molecule has 0 saturated carbocycles. The zero-order chi connectivity index (χ0) is 24.1. The summed E-state index contributed by atoms with van der Waals surface area (Å²) in [5, 5.41) is 9.71. The Labute approximate surface area is 220 Å². The molecule has 3 heterocycles. The standard InChI is InChI=1S/C26H20BrClN4O2S/c1-33-18-10-5-14(6-11-18)23-21-22(29-25-30-26(35-2)31-32(23)25)19-13-17(28)9-12-20(19)34-24(21)15-3-7-16(27)8-4-15/h3-13,23-24H,1-2H3,(H,29,30,31)/t23-,24-/m1/s1. The number of ether oxygens (including phenoxy) is 2. The summed E-state index contributed by atoms with van der Waals surface area (Å²) < 4.78 is 15.0. The van der Waals surface area contributed by atoms with Crippen molar-refractivity contribution in [2.75, 3.05) is 18.7 Å². The molecule has 0 spiro atoms. The molecule has 2 atom stereocenters. The zero-order valence-corrected chi connectivity index (χ0v) is 22.0. The van der Waals surface area contributed by atoms with Crippen LogP contribution in [0.3, 0.4) is 0 Å². The van der Waals surface area contributed by atoms with Crippen LogP contribution in [0.1, 0.15) is 28.8 Å². The number of halogens is 2. The molecular formula is C26H20BrClN4O2S. The number of anilines is 1. The number of hydrogen-bond donors (Lipinski definition) is 1. The van der Waals surface area contributed by atoms with E-state index in [1.165, 1.54) is 11.8 Å². The van der Waals surface area contributed by atoms with Gasteiger partial charge in [-0.1, -0.05) is 63.6 Å². The van der Waals surface area contributed by atoms with Gasteiger partial charge in [-0.05, 0) is 59.8 Å². The van der Waals surface area contributed by atoms with Crippen molar-refractivity contribution in [1.82, 2.24) is 14.8 Å². The van der Waals surface area contributed by atoms with Crippen LogP contribution in [0.5, 0.6) is 11.5 Å². The number of benzene rings is 3. The predicted octanol–water partition coefficient (Wildman–Crippen LogP) is 6.98. The molecule has 4 aromatic rings. The molecule has 0 saturated heterocycles. The van der Waals surface area contributed by atoms with Crippen LogP contribution in [0.4, 0.5) is 5.95 Å². The number of rotatable bonds is 4. The van der Waals surface area contributed by atoms with Gasteiger partial charge >= 0.3 is 0 Å². The van der Waals surface area contributed by atoms with Gasteiger partial charge in [-0.3, -0.25) is 0 Å². The van der Waals surface area contributed by atoms with Crippen LogP contribution in [0, 0.1) is 0 Å². The second kappa shape index (κ2) is 8.93. The minimum Gasteiger partial charge on any atom is -0.497 e. The summed E-state index contributed by atoms with van der Waals surface area (Å²) in [5.74, 6) is 2.23. The maximum atomic E-state index is 6.66. The van der Waals surface area contributed by atoms with E-state index in [2.05, 4.69) is 45.5 Å². The van der Waals surface area contributed by atoms with Gasteiger partial charge in [0, 0.05) is 20.6 Å². The maximum absolute atomic E-state index is 6.66. The summed E-state index contributed by atoms with van der Waals surface area (Å²) in [5.41, 5.74) is 4.97. The Balaban J connectivity index is 1.62. The summed E-state index contributed by atoms with van der Waals surface area (Å²) in [6.45, 7) is 0. The van der Waals surface area contributed by atoms with Crippen LogP contribution >= 0.6 is 39.3 Å². The van der Waals surface area contributed by atoms with Crippen LogP contribution in [-0.2, 0) is 0 Å².